The summed E-state index contributed by atoms with van der Waals surface area (Å²) in [5, 5.41) is 17.2. The van der Waals surface area contributed by atoms with Crippen LogP contribution in [0.2, 0.25) is 0 Å². The highest BCUT2D eigenvalue weighted by molar-refractivity contribution is 5.97. The molecule has 0 unspecified atom stereocenters. The number of benzene rings is 1. The van der Waals surface area contributed by atoms with Gasteiger partial charge in [0.05, 0.1) is 18.2 Å². The van der Waals surface area contributed by atoms with Crippen LogP contribution in [0.4, 0.5) is 5.69 Å². The molecular formula is C15H20N4O6. The molecule has 0 heterocycles. The second-order valence-electron chi connectivity index (χ2n) is 4.85. The van der Waals surface area contributed by atoms with E-state index in [0.717, 1.165) is 0 Å². The Morgan fingerprint density at radius 2 is 2.08 bits per heavy atom. The number of ether oxygens (including phenoxy) is 2. The minimum absolute atomic E-state index is 0.122. The number of nitro groups is 1. The molecule has 0 bridgehead atoms. The number of carbonyl (C=O) groups excluding carboxylic acids is 2. The molecule has 0 atom stereocenters. The van der Waals surface area contributed by atoms with Crippen molar-refractivity contribution < 1.29 is 24.0 Å². The van der Waals surface area contributed by atoms with Crippen molar-refractivity contribution in [3.05, 3.63) is 33.9 Å². The lowest BCUT2D eigenvalue weighted by Gasteiger charge is -2.04. The molecule has 0 spiro atoms. The molecule has 10 nitrogen and oxygen atoms in total. The molecule has 0 aliphatic heterocycles. The van der Waals surface area contributed by atoms with E-state index in [9.17, 15) is 19.7 Å². The van der Waals surface area contributed by atoms with E-state index in [4.69, 9.17) is 9.47 Å². The van der Waals surface area contributed by atoms with Crippen LogP contribution in [0.5, 0.6) is 5.75 Å². The Hall–Kier alpha value is -3.01. The van der Waals surface area contributed by atoms with E-state index in [0.29, 0.717) is 25.1 Å². The van der Waals surface area contributed by atoms with Gasteiger partial charge in [-0.1, -0.05) is 0 Å². The zero-order chi connectivity index (χ0) is 18.7. The van der Waals surface area contributed by atoms with Crippen molar-refractivity contribution >= 4 is 23.7 Å². The summed E-state index contributed by atoms with van der Waals surface area (Å²) in [6.07, 6.45) is 1.52. The Morgan fingerprint density at radius 3 is 2.72 bits per heavy atom. The zero-order valence-corrected chi connectivity index (χ0v) is 14.0. The van der Waals surface area contributed by atoms with Crippen LogP contribution < -0.4 is 15.5 Å². The maximum Gasteiger partial charge on any atom is 0.311 e. The first-order valence-corrected chi connectivity index (χ1v) is 7.38. The van der Waals surface area contributed by atoms with Crippen molar-refractivity contribution in [1.29, 1.82) is 0 Å². The third-order valence-corrected chi connectivity index (χ3v) is 2.97. The van der Waals surface area contributed by atoms with Crippen LogP contribution in [0.3, 0.4) is 0 Å². The number of hydrogen-bond donors (Lipinski definition) is 2. The van der Waals surface area contributed by atoms with Gasteiger partial charge in [-0.05, 0) is 18.6 Å². The lowest BCUT2D eigenvalue weighted by atomic mass is 10.2. The molecule has 2 amide bonds. The highest BCUT2D eigenvalue weighted by Crippen LogP contribution is 2.26. The van der Waals surface area contributed by atoms with E-state index in [2.05, 4.69) is 15.8 Å². The molecule has 1 aromatic rings. The van der Waals surface area contributed by atoms with Crippen LogP contribution in [0.25, 0.3) is 0 Å². The second kappa shape index (κ2) is 10.7. The summed E-state index contributed by atoms with van der Waals surface area (Å²) in [6, 6.07) is 4.23. The van der Waals surface area contributed by atoms with E-state index >= 15 is 0 Å². The van der Waals surface area contributed by atoms with Crippen molar-refractivity contribution in [3.8, 4) is 5.75 Å². The number of amides is 2. The molecule has 0 radical (unpaired) electrons. The van der Waals surface area contributed by atoms with Gasteiger partial charge in [0, 0.05) is 31.9 Å². The molecule has 10 heteroatoms. The summed E-state index contributed by atoms with van der Waals surface area (Å²) in [7, 11) is 2.89. The van der Waals surface area contributed by atoms with Crippen molar-refractivity contribution in [2.45, 2.75) is 12.8 Å². The first kappa shape index (κ1) is 20.0. The van der Waals surface area contributed by atoms with Crippen LogP contribution in [-0.4, -0.2) is 50.3 Å². The number of carbonyl (C=O) groups is 2. The van der Waals surface area contributed by atoms with Crippen molar-refractivity contribution in [2.75, 3.05) is 27.4 Å². The zero-order valence-electron chi connectivity index (χ0n) is 14.0. The lowest BCUT2D eigenvalue weighted by Crippen LogP contribution is -2.30. The SMILES string of the molecule is COCCCNC(=O)CC(=O)N/N=C\c1ccc(OC)c([N+](=O)[O-])c1. The van der Waals surface area contributed by atoms with Crippen molar-refractivity contribution in [2.24, 2.45) is 5.10 Å². The molecule has 1 rings (SSSR count). The van der Waals surface area contributed by atoms with E-state index in [-0.39, 0.29) is 17.9 Å². The van der Waals surface area contributed by atoms with Gasteiger partial charge in [-0.2, -0.15) is 5.10 Å². The van der Waals surface area contributed by atoms with Crippen LogP contribution in [0, 0.1) is 10.1 Å². The number of nitrogens with one attached hydrogen (secondary N) is 2. The summed E-state index contributed by atoms with van der Waals surface area (Å²) in [5.74, 6) is -0.899. The summed E-state index contributed by atoms with van der Waals surface area (Å²) in [6.45, 7) is 0.934. The minimum Gasteiger partial charge on any atom is -0.490 e. The van der Waals surface area contributed by atoms with Gasteiger partial charge in [0.15, 0.2) is 5.75 Å². The smallest absolute Gasteiger partial charge is 0.311 e. The molecule has 0 aliphatic rings. The minimum atomic E-state index is -0.594. The molecule has 0 saturated carbocycles. The molecule has 0 aliphatic carbocycles. The highest BCUT2D eigenvalue weighted by atomic mass is 16.6. The van der Waals surface area contributed by atoms with Crippen molar-refractivity contribution in [1.82, 2.24) is 10.7 Å². The van der Waals surface area contributed by atoms with Gasteiger partial charge in [-0.25, -0.2) is 5.43 Å². The summed E-state index contributed by atoms with van der Waals surface area (Å²) in [4.78, 5) is 33.4. The summed E-state index contributed by atoms with van der Waals surface area (Å²) >= 11 is 0. The fraction of sp³-hybridized carbons (Fsp3) is 0.400. The molecule has 136 valence electrons. The number of hydrazone groups is 1. The predicted octanol–water partition coefficient (Wildman–Crippen LogP) is 0.596. The van der Waals surface area contributed by atoms with Crippen LogP contribution in [0.15, 0.2) is 23.3 Å². The molecule has 2 N–H and O–H groups in total. The van der Waals surface area contributed by atoms with Gasteiger partial charge in [-0.3, -0.25) is 19.7 Å². The average Bonchev–Trinajstić information content (AvgIpc) is 2.58. The molecule has 0 aromatic heterocycles. The van der Waals surface area contributed by atoms with E-state index in [1.165, 1.54) is 25.5 Å². The predicted molar refractivity (Wildman–Crippen MR) is 89.5 cm³/mol. The fourth-order valence-corrected chi connectivity index (χ4v) is 1.80. The van der Waals surface area contributed by atoms with Crippen molar-refractivity contribution in [3.63, 3.8) is 0 Å². The molecule has 0 fully saturated rings. The number of nitrogens with zero attached hydrogens (tertiary/aromatic N) is 2. The first-order chi connectivity index (χ1) is 12.0. The van der Waals surface area contributed by atoms with Gasteiger partial charge in [-0.15, -0.1) is 0 Å². The Labute approximate surface area is 144 Å². The molecule has 1 aromatic carbocycles. The maximum atomic E-state index is 11.6. The number of methoxy groups -OCH3 is 2. The first-order valence-electron chi connectivity index (χ1n) is 7.38. The topological polar surface area (TPSA) is 132 Å². The fourth-order valence-electron chi connectivity index (χ4n) is 1.80. The third kappa shape index (κ3) is 7.40. The average molecular weight is 352 g/mol. The largest absolute Gasteiger partial charge is 0.490 e. The van der Waals surface area contributed by atoms with Crippen LogP contribution >= 0.6 is 0 Å². The van der Waals surface area contributed by atoms with Gasteiger partial charge < -0.3 is 14.8 Å². The second-order valence-corrected chi connectivity index (χ2v) is 4.85. The van der Waals surface area contributed by atoms with E-state index in [1.807, 2.05) is 0 Å². The quantitative estimate of drug-likeness (QED) is 0.208. The molecule has 25 heavy (non-hydrogen) atoms. The Kier molecular flexibility index (Phi) is 8.58. The van der Waals surface area contributed by atoms with Gasteiger partial charge in [0.25, 0.3) is 0 Å². The van der Waals surface area contributed by atoms with Gasteiger partial charge >= 0.3 is 5.69 Å². The summed E-state index contributed by atoms with van der Waals surface area (Å²) < 4.78 is 9.73. The number of hydrogen-bond acceptors (Lipinski definition) is 7. The molecule has 0 saturated heterocycles. The maximum absolute atomic E-state index is 11.6. The van der Waals surface area contributed by atoms with Crippen LogP contribution in [0.1, 0.15) is 18.4 Å². The standard InChI is InChI=1S/C15H20N4O6/c1-24-7-3-6-16-14(20)9-15(21)18-17-10-11-4-5-13(25-2)12(8-11)19(22)23/h4-5,8,10H,3,6-7,9H2,1-2H3,(H,16,20)(H,18,21)/b17-10-. The lowest BCUT2D eigenvalue weighted by molar-refractivity contribution is -0.385. The Bertz CT molecular complexity index is 647. The van der Waals surface area contributed by atoms with Crippen LogP contribution in [-0.2, 0) is 14.3 Å². The van der Waals surface area contributed by atoms with Gasteiger partial charge in [0.2, 0.25) is 11.8 Å². The Morgan fingerprint density at radius 1 is 1.32 bits per heavy atom. The normalized spacial score (nSPS) is 10.5. The highest BCUT2D eigenvalue weighted by Gasteiger charge is 2.14. The third-order valence-electron chi connectivity index (χ3n) is 2.97. The Balaban J connectivity index is 2.49. The van der Waals surface area contributed by atoms with E-state index < -0.39 is 16.7 Å². The summed E-state index contributed by atoms with van der Waals surface area (Å²) in [5.41, 5.74) is 2.37. The monoisotopic (exact) mass is 352 g/mol. The number of nitro benzene ring substituents is 1. The van der Waals surface area contributed by atoms with E-state index in [1.54, 1.807) is 13.2 Å². The number of rotatable bonds is 10. The molecular weight excluding hydrogens is 332 g/mol. The van der Waals surface area contributed by atoms with Gasteiger partial charge in [0.1, 0.15) is 6.42 Å².